The fourth-order valence-corrected chi connectivity index (χ4v) is 1.96. The van der Waals surface area contributed by atoms with E-state index in [-0.39, 0.29) is 12.3 Å². The van der Waals surface area contributed by atoms with Crippen LogP contribution < -0.4 is 5.32 Å². The van der Waals surface area contributed by atoms with Crippen LogP contribution in [0.1, 0.15) is 22.8 Å². The van der Waals surface area contributed by atoms with E-state index in [1.807, 2.05) is 0 Å². The number of nitrogens with one attached hydrogen (secondary N) is 1. The first-order valence-electron chi connectivity index (χ1n) is 7.08. The molecule has 1 atom stereocenters. The van der Waals surface area contributed by atoms with E-state index in [0.717, 1.165) is 12.1 Å². The Kier molecular flexibility index (Phi) is 5.47. The summed E-state index contributed by atoms with van der Waals surface area (Å²) in [5.41, 5.74) is -0.142. The molecule has 0 radical (unpaired) electrons. The van der Waals surface area contributed by atoms with Crippen molar-refractivity contribution < 1.29 is 28.2 Å². The van der Waals surface area contributed by atoms with Crippen LogP contribution in [0.25, 0.3) is 0 Å². The lowest BCUT2D eigenvalue weighted by atomic mass is 10.1. The normalized spacial score (nSPS) is 11.6. The number of carboxylic acid groups (broad SMARTS) is 1. The summed E-state index contributed by atoms with van der Waals surface area (Å²) < 4.78 is 32.5. The number of anilines is 1. The molecule has 2 aromatic carbocycles. The smallest absolute Gasteiger partial charge is 0.343 e. The predicted molar refractivity (Wildman–Crippen MR) is 82.6 cm³/mol. The molecule has 0 aliphatic heterocycles. The summed E-state index contributed by atoms with van der Waals surface area (Å²) in [4.78, 5) is 23.0. The first-order chi connectivity index (χ1) is 11.4. The molecule has 0 saturated heterocycles. The molecule has 0 spiro atoms. The minimum Gasteiger partial charge on any atom is -0.480 e. The third-order valence-electron chi connectivity index (χ3n) is 3.25. The fraction of sp³-hybridized carbons (Fsp3) is 0.176. The average Bonchev–Trinajstić information content (AvgIpc) is 2.57. The number of hydrogen-bond acceptors (Lipinski definition) is 4. The second kappa shape index (κ2) is 7.54. The van der Waals surface area contributed by atoms with Gasteiger partial charge in [0.05, 0.1) is 5.69 Å². The highest BCUT2D eigenvalue weighted by atomic mass is 19.2. The van der Waals surface area contributed by atoms with E-state index in [2.05, 4.69) is 5.32 Å². The van der Waals surface area contributed by atoms with Gasteiger partial charge in [-0.3, -0.25) is 4.79 Å². The van der Waals surface area contributed by atoms with Gasteiger partial charge in [-0.05, 0) is 24.6 Å². The Labute approximate surface area is 136 Å². The van der Waals surface area contributed by atoms with Gasteiger partial charge < -0.3 is 15.2 Å². The van der Waals surface area contributed by atoms with E-state index in [1.165, 1.54) is 6.92 Å². The molecule has 126 valence electrons. The van der Waals surface area contributed by atoms with Gasteiger partial charge in [0, 0.05) is 0 Å². The van der Waals surface area contributed by atoms with Gasteiger partial charge in [0.15, 0.2) is 11.6 Å². The minimum atomic E-state index is -1.39. The van der Waals surface area contributed by atoms with Crippen LogP contribution in [0.4, 0.5) is 14.5 Å². The molecule has 0 heterocycles. The maximum absolute atomic E-state index is 14.0. The molecular formula is C17H15F2NO4. The van der Waals surface area contributed by atoms with Crippen LogP contribution in [0, 0.1) is 11.6 Å². The zero-order valence-corrected chi connectivity index (χ0v) is 12.8. The maximum atomic E-state index is 14.0. The zero-order chi connectivity index (χ0) is 17.7. The van der Waals surface area contributed by atoms with E-state index in [0.29, 0.717) is 5.56 Å². The van der Waals surface area contributed by atoms with E-state index in [4.69, 9.17) is 9.84 Å². The molecule has 0 unspecified atom stereocenters. The highest BCUT2D eigenvalue weighted by molar-refractivity contribution is 5.96. The monoisotopic (exact) mass is 335 g/mol. The van der Waals surface area contributed by atoms with Crippen molar-refractivity contribution in [2.45, 2.75) is 19.6 Å². The Morgan fingerprint density at radius 2 is 1.83 bits per heavy atom. The van der Waals surface area contributed by atoms with Crippen LogP contribution in [0.15, 0.2) is 42.5 Å². The number of ether oxygens (including phenoxy) is 1. The average molecular weight is 335 g/mol. The van der Waals surface area contributed by atoms with Crippen molar-refractivity contribution in [3.63, 3.8) is 0 Å². The molecule has 2 N–H and O–H groups in total. The number of benzene rings is 2. The van der Waals surface area contributed by atoms with Crippen LogP contribution in [0.2, 0.25) is 0 Å². The van der Waals surface area contributed by atoms with Crippen molar-refractivity contribution >= 4 is 17.6 Å². The van der Waals surface area contributed by atoms with Crippen LogP contribution in [0.5, 0.6) is 0 Å². The second-order valence-corrected chi connectivity index (χ2v) is 5.05. The van der Waals surface area contributed by atoms with Gasteiger partial charge in [0.1, 0.15) is 18.2 Å². The molecule has 0 aliphatic rings. The third-order valence-corrected chi connectivity index (χ3v) is 3.25. The number of carbonyl (C=O) groups is 2. The Balaban J connectivity index is 2.24. The summed E-state index contributed by atoms with van der Waals surface area (Å²) >= 11 is 0. The third kappa shape index (κ3) is 4.07. The molecule has 2 rings (SSSR count). The molecule has 0 fully saturated rings. The molecule has 0 bridgehead atoms. The zero-order valence-electron chi connectivity index (χ0n) is 12.8. The molecule has 0 saturated carbocycles. The predicted octanol–water partition coefficient (Wildman–Crippen LogP) is 3.21. The SMILES string of the molecule is C[C@H](Nc1ccc(F)c(F)c1C(=O)OCc1ccccc1)C(=O)O. The summed E-state index contributed by atoms with van der Waals surface area (Å²) in [6.07, 6.45) is 0. The van der Waals surface area contributed by atoms with Gasteiger partial charge in [-0.1, -0.05) is 30.3 Å². The molecule has 24 heavy (non-hydrogen) atoms. The number of rotatable bonds is 6. The number of carboxylic acids is 1. The maximum Gasteiger partial charge on any atom is 0.343 e. The molecule has 7 heteroatoms. The quantitative estimate of drug-likeness (QED) is 0.793. The first kappa shape index (κ1) is 17.4. The van der Waals surface area contributed by atoms with Crippen LogP contribution in [0.3, 0.4) is 0 Å². The van der Waals surface area contributed by atoms with Crippen LogP contribution in [-0.4, -0.2) is 23.1 Å². The van der Waals surface area contributed by atoms with Gasteiger partial charge in [0.2, 0.25) is 0 Å². The van der Waals surface area contributed by atoms with Crippen molar-refractivity contribution in [2.75, 3.05) is 5.32 Å². The van der Waals surface area contributed by atoms with E-state index in [9.17, 15) is 18.4 Å². The van der Waals surface area contributed by atoms with Crippen molar-refractivity contribution in [3.8, 4) is 0 Å². The number of halogens is 2. The lowest BCUT2D eigenvalue weighted by Gasteiger charge is -2.15. The van der Waals surface area contributed by atoms with Gasteiger partial charge in [-0.2, -0.15) is 0 Å². The second-order valence-electron chi connectivity index (χ2n) is 5.05. The largest absolute Gasteiger partial charge is 0.480 e. The Hall–Kier alpha value is -2.96. The van der Waals surface area contributed by atoms with Gasteiger partial charge in [-0.15, -0.1) is 0 Å². The summed E-state index contributed by atoms with van der Waals surface area (Å²) in [6, 6.07) is 9.49. The van der Waals surface area contributed by atoms with Gasteiger partial charge in [0.25, 0.3) is 0 Å². The number of hydrogen-bond donors (Lipinski definition) is 2. The van der Waals surface area contributed by atoms with Crippen molar-refractivity contribution in [3.05, 3.63) is 65.2 Å². The Morgan fingerprint density at radius 3 is 2.46 bits per heavy atom. The minimum absolute atomic E-state index is 0.121. The number of aliphatic carboxylic acids is 1. The molecule has 0 amide bonds. The molecular weight excluding hydrogens is 320 g/mol. The lowest BCUT2D eigenvalue weighted by Crippen LogP contribution is -2.27. The number of esters is 1. The van der Waals surface area contributed by atoms with Crippen molar-refractivity contribution in [2.24, 2.45) is 0 Å². The first-order valence-corrected chi connectivity index (χ1v) is 7.08. The molecule has 0 aromatic heterocycles. The van der Waals surface area contributed by atoms with Crippen LogP contribution >= 0.6 is 0 Å². The molecule has 0 aliphatic carbocycles. The summed E-state index contributed by atoms with van der Waals surface area (Å²) in [5.74, 6) is -4.91. The highest BCUT2D eigenvalue weighted by Gasteiger charge is 2.24. The van der Waals surface area contributed by atoms with E-state index < -0.39 is 35.2 Å². The molecule has 5 nitrogen and oxygen atoms in total. The van der Waals surface area contributed by atoms with E-state index >= 15 is 0 Å². The van der Waals surface area contributed by atoms with Crippen molar-refractivity contribution in [1.29, 1.82) is 0 Å². The fourth-order valence-electron chi connectivity index (χ4n) is 1.96. The van der Waals surface area contributed by atoms with E-state index in [1.54, 1.807) is 30.3 Å². The van der Waals surface area contributed by atoms with Crippen molar-refractivity contribution in [1.82, 2.24) is 0 Å². The summed E-state index contributed by atoms with van der Waals surface area (Å²) in [7, 11) is 0. The van der Waals surface area contributed by atoms with Gasteiger partial charge >= 0.3 is 11.9 Å². The number of carbonyl (C=O) groups excluding carboxylic acids is 1. The summed E-state index contributed by atoms with van der Waals surface area (Å²) in [6.45, 7) is 1.19. The van der Waals surface area contributed by atoms with Gasteiger partial charge in [-0.25, -0.2) is 13.6 Å². The molecule has 2 aromatic rings. The highest BCUT2D eigenvalue weighted by Crippen LogP contribution is 2.24. The topological polar surface area (TPSA) is 75.6 Å². The summed E-state index contributed by atoms with van der Waals surface area (Å²) in [5, 5.41) is 11.4. The standard InChI is InChI=1S/C17H15F2NO4/c1-10(16(21)22)20-13-8-7-12(18)15(19)14(13)17(23)24-9-11-5-3-2-4-6-11/h2-8,10,20H,9H2,1H3,(H,21,22)/t10-/m0/s1. The Bertz CT molecular complexity index is 750. The Morgan fingerprint density at radius 1 is 1.17 bits per heavy atom. The van der Waals surface area contributed by atoms with Crippen LogP contribution in [-0.2, 0) is 16.1 Å². The lowest BCUT2D eigenvalue weighted by molar-refractivity contribution is -0.137.